The molecule has 4 rings (SSSR count). The molecule has 1 N–H and O–H groups in total. The van der Waals surface area contributed by atoms with Gasteiger partial charge in [0.25, 0.3) is 5.91 Å². The van der Waals surface area contributed by atoms with Gasteiger partial charge in [0.2, 0.25) is 0 Å². The summed E-state index contributed by atoms with van der Waals surface area (Å²) < 4.78 is 13.5. The van der Waals surface area contributed by atoms with Crippen LogP contribution < -0.4 is 9.47 Å². The minimum absolute atomic E-state index is 0.0495. The summed E-state index contributed by atoms with van der Waals surface area (Å²) in [4.78, 5) is 32.3. The fourth-order valence-electron chi connectivity index (χ4n) is 4.66. The lowest BCUT2D eigenvalue weighted by molar-refractivity contribution is -0.129. The molecule has 2 aromatic carbocycles. The highest BCUT2D eigenvalue weighted by atomic mass is 16.5. The Morgan fingerprint density at radius 3 is 2.62 bits per heavy atom. The summed E-state index contributed by atoms with van der Waals surface area (Å²) in [6.45, 7) is 3.68. The Hall–Kier alpha value is -4.33. The Labute approximate surface area is 229 Å². The molecular formula is C31H35N3O5. The summed E-state index contributed by atoms with van der Waals surface area (Å²) in [5.74, 6) is -0.415. The molecule has 1 aliphatic rings. The molecule has 8 nitrogen and oxygen atoms in total. The number of aliphatic hydroxyl groups is 1. The van der Waals surface area contributed by atoms with E-state index in [1.54, 1.807) is 42.7 Å². The summed E-state index contributed by atoms with van der Waals surface area (Å²) in [5.41, 5.74) is 1.55. The number of carbonyl (C=O) groups excluding carboxylic acids is 2. The molecular weight excluding hydrogens is 494 g/mol. The normalized spacial score (nSPS) is 15.4. The smallest absolute Gasteiger partial charge is 0.290 e. The fourth-order valence-corrected chi connectivity index (χ4v) is 4.66. The minimum atomic E-state index is -0.767. The second kappa shape index (κ2) is 13.5. The number of carbonyl (C=O) groups is 2. The van der Waals surface area contributed by atoms with Gasteiger partial charge in [-0.2, -0.15) is 0 Å². The van der Waals surface area contributed by atoms with E-state index in [0.717, 1.165) is 24.8 Å². The zero-order valence-corrected chi connectivity index (χ0v) is 22.5. The number of ether oxygens (including phenoxy) is 2. The van der Waals surface area contributed by atoms with Gasteiger partial charge in [-0.25, -0.2) is 4.98 Å². The molecule has 0 fully saturated rings. The minimum Gasteiger partial charge on any atom is -0.503 e. The second-order valence-electron chi connectivity index (χ2n) is 9.39. The number of imidazole rings is 1. The molecule has 1 atom stereocenters. The Morgan fingerprint density at radius 1 is 1.08 bits per heavy atom. The molecule has 3 aromatic rings. The monoisotopic (exact) mass is 529 g/mol. The number of methoxy groups -OCH3 is 1. The highest BCUT2D eigenvalue weighted by Crippen LogP contribution is 2.41. The standard InChI is InChI=1S/C31H35N3O5/c1-3-4-8-20-39-26-15-13-24(21-27(26)38-2)29-28(25(35)14-12-23-10-6-5-7-11-23)30(36)31(37)34(29)18-9-17-33-19-16-32-22-33/h5-7,10-16,19,21-22,29,36H,3-4,8-9,17-18,20H2,1-2H3. The van der Waals surface area contributed by atoms with Crippen LogP contribution in [0.15, 0.2) is 84.7 Å². The molecule has 0 spiro atoms. The molecule has 1 unspecified atom stereocenters. The van der Waals surface area contributed by atoms with E-state index in [-0.39, 0.29) is 5.57 Å². The second-order valence-corrected chi connectivity index (χ2v) is 9.39. The van der Waals surface area contributed by atoms with Gasteiger partial charge in [0.1, 0.15) is 0 Å². The van der Waals surface area contributed by atoms with Crippen LogP contribution >= 0.6 is 0 Å². The van der Waals surface area contributed by atoms with Crippen LogP contribution in [0.4, 0.5) is 0 Å². The van der Waals surface area contributed by atoms with Crippen LogP contribution in [-0.2, 0) is 16.1 Å². The highest BCUT2D eigenvalue weighted by Gasteiger charge is 2.42. The summed E-state index contributed by atoms with van der Waals surface area (Å²) >= 11 is 0. The van der Waals surface area contributed by atoms with E-state index in [1.807, 2.05) is 47.2 Å². The third-order valence-electron chi connectivity index (χ3n) is 6.68. The third kappa shape index (κ3) is 6.76. The molecule has 0 saturated carbocycles. The fraction of sp³-hybridized carbons (Fsp3) is 0.323. The molecule has 8 heteroatoms. The van der Waals surface area contributed by atoms with Gasteiger partial charge in [-0.15, -0.1) is 0 Å². The summed E-state index contributed by atoms with van der Waals surface area (Å²) in [6, 6.07) is 14.0. The van der Waals surface area contributed by atoms with Crippen molar-refractivity contribution in [1.29, 1.82) is 0 Å². The average molecular weight is 530 g/mol. The van der Waals surface area contributed by atoms with Gasteiger partial charge >= 0.3 is 0 Å². The van der Waals surface area contributed by atoms with Gasteiger partial charge < -0.3 is 24.0 Å². The third-order valence-corrected chi connectivity index (χ3v) is 6.68. The van der Waals surface area contributed by atoms with Crippen molar-refractivity contribution in [2.24, 2.45) is 0 Å². The molecule has 1 amide bonds. The van der Waals surface area contributed by atoms with Crippen LogP contribution in [-0.4, -0.2) is 51.5 Å². The van der Waals surface area contributed by atoms with Crippen molar-refractivity contribution >= 4 is 17.8 Å². The number of benzene rings is 2. The maximum absolute atomic E-state index is 13.4. The van der Waals surface area contributed by atoms with Gasteiger partial charge in [-0.3, -0.25) is 9.59 Å². The Kier molecular flexibility index (Phi) is 9.56. The van der Waals surface area contributed by atoms with E-state index >= 15 is 0 Å². The van der Waals surface area contributed by atoms with Crippen molar-refractivity contribution < 1.29 is 24.2 Å². The molecule has 0 saturated heterocycles. The van der Waals surface area contributed by atoms with Crippen LogP contribution in [0.5, 0.6) is 11.5 Å². The first-order chi connectivity index (χ1) is 19.0. The van der Waals surface area contributed by atoms with Crippen LogP contribution in [0, 0.1) is 0 Å². The lowest BCUT2D eigenvalue weighted by Gasteiger charge is -2.27. The Morgan fingerprint density at radius 2 is 1.90 bits per heavy atom. The number of unbranched alkanes of at least 4 members (excludes halogenated alkanes) is 2. The lowest BCUT2D eigenvalue weighted by atomic mass is 9.95. The van der Waals surface area contributed by atoms with Gasteiger partial charge in [0, 0.05) is 25.5 Å². The predicted molar refractivity (Wildman–Crippen MR) is 149 cm³/mol. The van der Waals surface area contributed by atoms with Crippen molar-refractivity contribution in [3.05, 3.63) is 95.8 Å². The van der Waals surface area contributed by atoms with Gasteiger partial charge in [0.05, 0.1) is 31.7 Å². The van der Waals surface area contributed by atoms with E-state index in [2.05, 4.69) is 11.9 Å². The van der Waals surface area contributed by atoms with Crippen molar-refractivity contribution in [3.63, 3.8) is 0 Å². The molecule has 1 aliphatic heterocycles. The molecule has 0 radical (unpaired) electrons. The quantitative estimate of drug-likeness (QED) is 0.218. The van der Waals surface area contributed by atoms with Crippen LogP contribution in [0.1, 0.15) is 49.8 Å². The molecule has 0 aliphatic carbocycles. The first-order valence-corrected chi connectivity index (χ1v) is 13.3. The summed E-state index contributed by atoms with van der Waals surface area (Å²) in [5, 5.41) is 10.9. The number of ketones is 1. The molecule has 1 aromatic heterocycles. The lowest BCUT2D eigenvalue weighted by Crippen LogP contribution is -2.32. The number of aromatic nitrogens is 2. The van der Waals surface area contributed by atoms with Crippen molar-refractivity contribution in [1.82, 2.24) is 14.5 Å². The number of allylic oxidation sites excluding steroid dienone is 1. The topological polar surface area (TPSA) is 93.9 Å². The Balaban J connectivity index is 1.63. The zero-order chi connectivity index (χ0) is 27.6. The van der Waals surface area contributed by atoms with Crippen LogP contribution in [0.2, 0.25) is 0 Å². The first-order valence-electron chi connectivity index (χ1n) is 13.3. The maximum atomic E-state index is 13.4. The van der Waals surface area contributed by atoms with Gasteiger partial charge in [-0.1, -0.05) is 62.2 Å². The van der Waals surface area contributed by atoms with Crippen LogP contribution in [0.25, 0.3) is 6.08 Å². The number of amides is 1. The number of nitrogens with zero attached hydrogens (tertiary/aromatic N) is 3. The Bertz CT molecular complexity index is 1320. The van der Waals surface area contributed by atoms with Crippen molar-refractivity contribution in [2.75, 3.05) is 20.3 Å². The maximum Gasteiger partial charge on any atom is 0.290 e. The van der Waals surface area contributed by atoms with Crippen molar-refractivity contribution in [2.45, 2.75) is 45.2 Å². The van der Waals surface area contributed by atoms with E-state index in [9.17, 15) is 14.7 Å². The van der Waals surface area contributed by atoms with E-state index in [0.29, 0.717) is 43.2 Å². The molecule has 0 bridgehead atoms. The molecule has 2 heterocycles. The number of hydrogen-bond donors (Lipinski definition) is 1. The van der Waals surface area contributed by atoms with E-state index in [1.165, 1.54) is 6.08 Å². The first kappa shape index (κ1) is 27.7. The number of rotatable bonds is 14. The number of hydrogen-bond acceptors (Lipinski definition) is 6. The SMILES string of the molecule is CCCCCOc1ccc(C2C(C(=O)C=Cc3ccccc3)=C(O)C(=O)N2CCCn2ccnc2)cc1OC. The predicted octanol–water partition coefficient (Wildman–Crippen LogP) is 5.53. The number of aryl methyl sites for hydroxylation is 1. The van der Waals surface area contributed by atoms with Crippen molar-refractivity contribution in [3.8, 4) is 11.5 Å². The summed E-state index contributed by atoms with van der Waals surface area (Å²) in [7, 11) is 1.56. The van der Waals surface area contributed by atoms with Gasteiger partial charge in [-0.05, 0) is 42.2 Å². The number of aliphatic hydroxyl groups excluding tert-OH is 1. The van der Waals surface area contributed by atoms with E-state index < -0.39 is 23.5 Å². The van der Waals surface area contributed by atoms with E-state index in [4.69, 9.17) is 9.47 Å². The average Bonchev–Trinajstić information content (AvgIpc) is 3.57. The summed E-state index contributed by atoms with van der Waals surface area (Å²) in [6.07, 6.45) is 12.1. The highest BCUT2D eigenvalue weighted by molar-refractivity contribution is 6.14. The van der Waals surface area contributed by atoms with Gasteiger partial charge in [0.15, 0.2) is 23.0 Å². The molecule has 204 valence electrons. The zero-order valence-electron chi connectivity index (χ0n) is 22.5. The molecule has 39 heavy (non-hydrogen) atoms. The van der Waals surface area contributed by atoms with Crippen LogP contribution in [0.3, 0.4) is 0 Å². The largest absolute Gasteiger partial charge is 0.503 e.